The van der Waals surface area contributed by atoms with E-state index in [0.717, 1.165) is 24.1 Å². The van der Waals surface area contributed by atoms with Crippen molar-refractivity contribution in [3.05, 3.63) is 102 Å². The Labute approximate surface area is 207 Å². The van der Waals surface area contributed by atoms with Gasteiger partial charge in [-0.3, -0.25) is 9.36 Å². The molecule has 0 saturated heterocycles. The van der Waals surface area contributed by atoms with E-state index in [1.807, 2.05) is 53.1 Å². The number of benzene rings is 3. The normalized spacial score (nSPS) is 13.9. The minimum atomic E-state index is -0.437. The summed E-state index contributed by atoms with van der Waals surface area (Å²) in [7, 11) is 0. The van der Waals surface area contributed by atoms with E-state index >= 15 is 0 Å². The number of halogens is 1. The second-order valence-corrected chi connectivity index (χ2v) is 9.31. The molecular weight excluding hydrogens is 463 g/mol. The van der Waals surface area contributed by atoms with Crippen LogP contribution in [-0.2, 0) is 11.4 Å². The fourth-order valence-electron chi connectivity index (χ4n) is 3.94. The summed E-state index contributed by atoms with van der Waals surface area (Å²) in [4.78, 5) is 12.9. The van der Waals surface area contributed by atoms with Gasteiger partial charge in [0, 0.05) is 5.69 Å². The number of rotatable bonds is 10. The van der Waals surface area contributed by atoms with Crippen LogP contribution in [0, 0.1) is 11.7 Å². The van der Waals surface area contributed by atoms with Crippen LogP contribution in [0.5, 0.6) is 5.75 Å². The molecule has 1 amide bonds. The van der Waals surface area contributed by atoms with Gasteiger partial charge in [0.25, 0.3) is 0 Å². The Balaban J connectivity index is 1.30. The number of hydrogen-bond acceptors (Lipinski definition) is 5. The van der Waals surface area contributed by atoms with Crippen LogP contribution in [0.15, 0.2) is 90.1 Å². The molecule has 3 aromatic carbocycles. The van der Waals surface area contributed by atoms with Gasteiger partial charge in [-0.15, -0.1) is 10.2 Å². The molecule has 0 bridgehead atoms. The van der Waals surface area contributed by atoms with Crippen molar-refractivity contribution < 1.29 is 13.9 Å². The van der Waals surface area contributed by atoms with Gasteiger partial charge in [-0.25, -0.2) is 4.39 Å². The molecule has 1 heterocycles. The molecular formula is C27H25FN4O2S. The number of carbonyl (C=O) groups excluding carboxylic acids is 1. The van der Waals surface area contributed by atoms with E-state index in [2.05, 4.69) is 27.6 Å². The molecule has 8 heteroatoms. The standard InChI is InChI=1S/C27H25FN4O2S/c28-22-13-7-8-14-23(22)34-17-24-30-31-27(32(24)21-11-5-2-6-12-21)35-18-25(33)29-26(20-15-16-20)19-9-3-1-4-10-19/h1-14,20,26H,15-18H2,(H,29,33). The average molecular weight is 489 g/mol. The molecule has 6 nitrogen and oxygen atoms in total. The van der Waals surface area contributed by atoms with E-state index in [1.54, 1.807) is 18.2 Å². The molecule has 1 N–H and O–H groups in total. The van der Waals surface area contributed by atoms with Gasteiger partial charge in [0.05, 0.1) is 11.8 Å². The minimum Gasteiger partial charge on any atom is -0.483 e. The highest BCUT2D eigenvalue weighted by molar-refractivity contribution is 7.99. The van der Waals surface area contributed by atoms with Crippen molar-refractivity contribution in [1.29, 1.82) is 0 Å². The highest BCUT2D eigenvalue weighted by Crippen LogP contribution is 2.41. The van der Waals surface area contributed by atoms with Gasteiger partial charge >= 0.3 is 0 Å². The number of amides is 1. The monoisotopic (exact) mass is 488 g/mol. The number of para-hydroxylation sites is 2. The van der Waals surface area contributed by atoms with Crippen molar-refractivity contribution in [2.45, 2.75) is 30.6 Å². The molecule has 0 spiro atoms. The van der Waals surface area contributed by atoms with Crippen molar-refractivity contribution in [1.82, 2.24) is 20.1 Å². The summed E-state index contributed by atoms with van der Waals surface area (Å²) in [5.41, 5.74) is 1.97. The quantitative estimate of drug-likeness (QED) is 0.305. The molecule has 1 aromatic heterocycles. The predicted molar refractivity (Wildman–Crippen MR) is 133 cm³/mol. The summed E-state index contributed by atoms with van der Waals surface area (Å²) in [5.74, 6) is 0.866. The Morgan fingerprint density at radius 2 is 1.69 bits per heavy atom. The summed E-state index contributed by atoms with van der Waals surface area (Å²) in [6.07, 6.45) is 2.25. The molecule has 1 aliphatic rings. The second kappa shape index (κ2) is 10.7. The number of nitrogens with one attached hydrogen (secondary N) is 1. The molecule has 1 fully saturated rings. The van der Waals surface area contributed by atoms with Crippen LogP contribution in [-0.4, -0.2) is 26.4 Å². The lowest BCUT2D eigenvalue weighted by atomic mass is 10.0. The van der Waals surface area contributed by atoms with Crippen LogP contribution in [0.2, 0.25) is 0 Å². The lowest BCUT2D eigenvalue weighted by molar-refractivity contribution is -0.119. The average Bonchev–Trinajstić information content (AvgIpc) is 3.66. The van der Waals surface area contributed by atoms with Gasteiger partial charge in [-0.05, 0) is 48.6 Å². The van der Waals surface area contributed by atoms with Gasteiger partial charge in [-0.2, -0.15) is 0 Å². The van der Waals surface area contributed by atoms with Crippen LogP contribution in [0.1, 0.15) is 30.3 Å². The van der Waals surface area contributed by atoms with E-state index in [1.165, 1.54) is 17.8 Å². The lowest BCUT2D eigenvalue weighted by Gasteiger charge is -2.18. The van der Waals surface area contributed by atoms with E-state index in [0.29, 0.717) is 16.9 Å². The Morgan fingerprint density at radius 3 is 2.40 bits per heavy atom. The third-order valence-electron chi connectivity index (χ3n) is 5.81. The van der Waals surface area contributed by atoms with E-state index in [-0.39, 0.29) is 30.1 Å². The fourth-order valence-corrected chi connectivity index (χ4v) is 4.72. The van der Waals surface area contributed by atoms with Crippen molar-refractivity contribution in [3.63, 3.8) is 0 Å². The first-order chi connectivity index (χ1) is 17.2. The van der Waals surface area contributed by atoms with Crippen LogP contribution >= 0.6 is 11.8 Å². The number of thioether (sulfide) groups is 1. The molecule has 35 heavy (non-hydrogen) atoms. The Bertz CT molecular complexity index is 1280. The molecule has 1 saturated carbocycles. The molecule has 4 aromatic rings. The number of hydrogen-bond donors (Lipinski definition) is 1. The third kappa shape index (κ3) is 5.71. The first kappa shape index (κ1) is 23.1. The Hall–Kier alpha value is -3.65. The smallest absolute Gasteiger partial charge is 0.230 e. The number of carbonyl (C=O) groups is 1. The zero-order valence-corrected chi connectivity index (χ0v) is 19.8. The third-order valence-corrected chi connectivity index (χ3v) is 6.74. The maximum absolute atomic E-state index is 14.0. The first-order valence-corrected chi connectivity index (χ1v) is 12.5. The van der Waals surface area contributed by atoms with Gasteiger partial charge in [0.1, 0.15) is 6.61 Å². The fraction of sp³-hybridized carbons (Fsp3) is 0.222. The Morgan fingerprint density at radius 1 is 1.00 bits per heavy atom. The van der Waals surface area contributed by atoms with E-state index in [4.69, 9.17) is 4.74 Å². The highest BCUT2D eigenvalue weighted by Gasteiger charge is 2.33. The number of aromatic nitrogens is 3. The first-order valence-electron chi connectivity index (χ1n) is 11.5. The SMILES string of the molecule is O=C(CSc1nnc(COc2ccccc2F)n1-c1ccccc1)NC(c1ccccc1)C1CC1. The van der Waals surface area contributed by atoms with E-state index in [9.17, 15) is 9.18 Å². The lowest BCUT2D eigenvalue weighted by Crippen LogP contribution is -2.31. The van der Waals surface area contributed by atoms with Gasteiger partial charge < -0.3 is 10.1 Å². The number of ether oxygens (including phenoxy) is 1. The van der Waals surface area contributed by atoms with Crippen molar-refractivity contribution >= 4 is 17.7 Å². The van der Waals surface area contributed by atoms with Gasteiger partial charge in [-0.1, -0.05) is 72.4 Å². The van der Waals surface area contributed by atoms with Crippen LogP contribution < -0.4 is 10.1 Å². The summed E-state index contributed by atoms with van der Waals surface area (Å²) >= 11 is 1.31. The van der Waals surface area contributed by atoms with Crippen molar-refractivity contribution in [3.8, 4) is 11.4 Å². The largest absolute Gasteiger partial charge is 0.483 e. The molecule has 1 aliphatic carbocycles. The molecule has 0 aliphatic heterocycles. The second-order valence-electron chi connectivity index (χ2n) is 8.37. The molecule has 1 unspecified atom stereocenters. The topological polar surface area (TPSA) is 69.0 Å². The summed E-state index contributed by atoms with van der Waals surface area (Å²) in [6.45, 7) is 0.0351. The Kier molecular flexibility index (Phi) is 7.09. The summed E-state index contributed by atoms with van der Waals surface area (Å²) in [5, 5.41) is 12.4. The highest BCUT2D eigenvalue weighted by atomic mass is 32.2. The zero-order valence-electron chi connectivity index (χ0n) is 19.0. The molecule has 0 radical (unpaired) electrons. The van der Waals surface area contributed by atoms with Gasteiger partial charge in [0.15, 0.2) is 22.5 Å². The maximum Gasteiger partial charge on any atom is 0.230 e. The number of nitrogens with zero attached hydrogens (tertiary/aromatic N) is 3. The molecule has 1 atom stereocenters. The van der Waals surface area contributed by atoms with Crippen molar-refractivity contribution in [2.24, 2.45) is 5.92 Å². The summed E-state index contributed by atoms with van der Waals surface area (Å²) in [6, 6.07) is 26.0. The predicted octanol–water partition coefficient (Wildman–Crippen LogP) is 5.35. The van der Waals surface area contributed by atoms with Gasteiger partial charge in [0.2, 0.25) is 5.91 Å². The van der Waals surface area contributed by atoms with Crippen LogP contribution in [0.4, 0.5) is 4.39 Å². The molecule has 178 valence electrons. The zero-order chi connectivity index (χ0) is 24.0. The van der Waals surface area contributed by atoms with Crippen LogP contribution in [0.25, 0.3) is 5.69 Å². The van der Waals surface area contributed by atoms with Crippen LogP contribution in [0.3, 0.4) is 0 Å². The van der Waals surface area contributed by atoms with Crippen molar-refractivity contribution in [2.75, 3.05) is 5.75 Å². The minimum absolute atomic E-state index is 0.0287. The summed E-state index contributed by atoms with van der Waals surface area (Å²) < 4.78 is 21.5. The maximum atomic E-state index is 14.0. The van der Waals surface area contributed by atoms with E-state index < -0.39 is 5.82 Å². The molecule has 5 rings (SSSR count).